The lowest BCUT2D eigenvalue weighted by Crippen LogP contribution is -2.22. The first-order chi connectivity index (χ1) is 9.95. The van der Waals surface area contributed by atoms with Crippen LogP contribution in [0.15, 0.2) is 45.3 Å². The Labute approximate surface area is 141 Å². The average molecular weight is 412 g/mol. The smallest absolute Gasteiger partial charge is 0.243 e. The Bertz CT molecular complexity index is 671. The molecule has 0 aliphatic heterocycles. The molecule has 2 aromatic carbocycles. The fourth-order valence-electron chi connectivity index (χ4n) is 1.92. The summed E-state index contributed by atoms with van der Waals surface area (Å²) in [6, 6.07) is 11.7. The number of aryl methyl sites for hydroxylation is 2. The van der Waals surface area contributed by atoms with Gasteiger partial charge in [-0.1, -0.05) is 22.0 Å². The molecule has 0 radical (unpaired) electrons. The largest absolute Gasteiger partial charge is 0.376 e. The van der Waals surface area contributed by atoms with E-state index in [0.29, 0.717) is 0 Å². The number of hydrogen-bond donors (Lipinski definition) is 2. The van der Waals surface area contributed by atoms with Crippen LogP contribution in [-0.2, 0) is 4.79 Å². The molecule has 5 heteroatoms. The topological polar surface area (TPSA) is 41.1 Å². The summed E-state index contributed by atoms with van der Waals surface area (Å²) in [5.74, 6) is -0.0816. The lowest BCUT2D eigenvalue weighted by Gasteiger charge is -2.11. The Kier molecular flexibility index (Phi) is 5.42. The molecule has 0 atom stereocenters. The van der Waals surface area contributed by atoms with Gasteiger partial charge in [-0.25, -0.2) is 0 Å². The van der Waals surface area contributed by atoms with Crippen molar-refractivity contribution in [1.29, 1.82) is 0 Å². The van der Waals surface area contributed by atoms with Gasteiger partial charge in [-0.15, -0.1) is 0 Å². The van der Waals surface area contributed by atoms with Crippen LogP contribution in [0.1, 0.15) is 11.1 Å². The molecule has 21 heavy (non-hydrogen) atoms. The fourth-order valence-corrected chi connectivity index (χ4v) is 2.98. The van der Waals surface area contributed by atoms with Gasteiger partial charge in [0.1, 0.15) is 0 Å². The van der Waals surface area contributed by atoms with Gasteiger partial charge in [0.05, 0.1) is 12.2 Å². The van der Waals surface area contributed by atoms with Gasteiger partial charge < -0.3 is 10.6 Å². The first-order valence-electron chi connectivity index (χ1n) is 6.52. The third-order valence-electron chi connectivity index (χ3n) is 3.03. The molecule has 110 valence electrons. The number of carbonyl (C=O) groups is 1. The fraction of sp³-hybridized carbons (Fsp3) is 0.188. The standard InChI is InChI=1S/C16H16Br2N2O/c1-10-3-5-15(13(18)7-10)20-16(21)9-19-14-6-4-12(17)8-11(14)2/h3-8,19H,9H2,1-2H3,(H,20,21). The van der Waals surface area contributed by atoms with E-state index in [9.17, 15) is 4.79 Å². The Morgan fingerprint density at radius 3 is 2.43 bits per heavy atom. The molecule has 2 rings (SSSR count). The van der Waals surface area contributed by atoms with E-state index in [0.717, 1.165) is 31.4 Å². The Balaban J connectivity index is 1.96. The molecule has 1 amide bonds. The summed E-state index contributed by atoms with van der Waals surface area (Å²) in [5, 5.41) is 6.02. The predicted octanol–water partition coefficient (Wildman–Crippen LogP) is 4.88. The first-order valence-corrected chi connectivity index (χ1v) is 8.10. The molecule has 2 aromatic rings. The summed E-state index contributed by atoms with van der Waals surface area (Å²) in [6.07, 6.45) is 0. The van der Waals surface area contributed by atoms with Crippen molar-refractivity contribution in [2.45, 2.75) is 13.8 Å². The number of amides is 1. The average Bonchev–Trinajstić information content (AvgIpc) is 2.41. The van der Waals surface area contributed by atoms with Crippen LogP contribution in [0.2, 0.25) is 0 Å². The maximum absolute atomic E-state index is 12.0. The van der Waals surface area contributed by atoms with Crippen LogP contribution in [0, 0.1) is 13.8 Å². The highest BCUT2D eigenvalue weighted by atomic mass is 79.9. The molecule has 0 bridgehead atoms. The van der Waals surface area contributed by atoms with E-state index in [2.05, 4.69) is 42.5 Å². The van der Waals surface area contributed by atoms with Crippen molar-refractivity contribution in [3.8, 4) is 0 Å². The lowest BCUT2D eigenvalue weighted by atomic mass is 10.2. The number of halogens is 2. The van der Waals surface area contributed by atoms with Gasteiger partial charge in [0.2, 0.25) is 5.91 Å². The molecular weight excluding hydrogens is 396 g/mol. The van der Waals surface area contributed by atoms with Gasteiger partial charge in [-0.2, -0.15) is 0 Å². The Morgan fingerprint density at radius 2 is 1.76 bits per heavy atom. The van der Waals surface area contributed by atoms with Gasteiger partial charge in [-0.3, -0.25) is 4.79 Å². The van der Waals surface area contributed by atoms with Gasteiger partial charge in [0, 0.05) is 14.6 Å². The maximum Gasteiger partial charge on any atom is 0.243 e. The van der Waals surface area contributed by atoms with Crippen molar-refractivity contribution < 1.29 is 4.79 Å². The van der Waals surface area contributed by atoms with E-state index in [-0.39, 0.29) is 12.5 Å². The number of benzene rings is 2. The molecule has 0 unspecified atom stereocenters. The highest BCUT2D eigenvalue weighted by molar-refractivity contribution is 9.10. The minimum Gasteiger partial charge on any atom is -0.376 e. The molecule has 3 nitrogen and oxygen atoms in total. The van der Waals surface area contributed by atoms with Crippen molar-refractivity contribution in [1.82, 2.24) is 0 Å². The zero-order chi connectivity index (χ0) is 15.4. The second-order valence-electron chi connectivity index (χ2n) is 4.84. The van der Waals surface area contributed by atoms with Crippen LogP contribution in [-0.4, -0.2) is 12.5 Å². The summed E-state index contributed by atoms with van der Waals surface area (Å²) < 4.78 is 1.91. The molecular formula is C16H16Br2N2O. The third kappa shape index (κ3) is 4.58. The van der Waals surface area contributed by atoms with E-state index in [1.807, 2.05) is 50.2 Å². The van der Waals surface area contributed by atoms with Gasteiger partial charge >= 0.3 is 0 Å². The minimum absolute atomic E-state index is 0.0816. The van der Waals surface area contributed by atoms with Crippen LogP contribution < -0.4 is 10.6 Å². The SMILES string of the molecule is Cc1ccc(NC(=O)CNc2ccc(Br)cc2C)c(Br)c1. The highest BCUT2D eigenvalue weighted by Gasteiger charge is 2.06. The van der Waals surface area contributed by atoms with E-state index >= 15 is 0 Å². The van der Waals surface area contributed by atoms with Crippen LogP contribution in [0.25, 0.3) is 0 Å². The van der Waals surface area contributed by atoms with Crippen LogP contribution in [0.3, 0.4) is 0 Å². The summed E-state index contributed by atoms with van der Waals surface area (Å²) in [6.45, 7) is 4.23. The van der Waals surface area contributed by atoms with Crippen LogP contribution >= 0.6 is 31.9 Å². The second kappa shape index (κ2) is 7.09. The van der Waals surface area contributed by atoms with Gasteiger partial charge in [0.15, 0.2) is 0 Å². The molecule has 2 N–H and O–H groups in total. The molecule has 0 aliphatic rings. The highest BCUT2D eigenvalue weighted by Crippen LogP contribution is 2.23. The molecule has 0 heterocycles. The molecule has 0 fully saturated rings. The molecule has 0 spiro atoms. The zero-order valence-electron chi connectivity index (χ0n) is 11.8. The summed E-state index contributed by atoms with van der Waals surface area (Å²) in [7, 11) is 0. The van der Waals surface area contributed by atoms with Gasteiger partial charge in [0.25, 0.3) is 0 Å². The van der Waals surface area contributed by atoms with E-state index in [1.54, 1.807) is 0 Å². The van der Waals surface area contributed by atoms with E-state index < -0.39 is 0 Å². The number of hydrogen-bond acceptors (Lipinski definition) is 2. The number of carbonyl (C=O) groups excluding carboxylic acids is 1. The Hall–Kier alpha value is -1.33. The Morgan fingerprint density at radius 1 is 1.05 bits per heavy atom. The van der Waals surface area contributed by atoms with Crippen molar-refractivity contribution >= 4 is 49.1 Å². The van der Waals surface area contributed by atoms with Crippen molar-refractivity contribution in [3.05, 3.63) is 56.5 Å². The summed E-state index contributed by atoms with van der Waals surface area (Å²) in [4.78, 5) is 12.0. The normalized spacial score (nSPS) is 10.3. The predicted molar refractivity (Wildman–Crippen MR) is 94.9 cm³/mol. The summed E-state index contributed by atoms with van der Waals surface area (Å²) >= 11 is 6.87. The van der Waals surface area contributed by atoms with Gasteiger partial charge in [-0.05, 0) is 71.2 Å². The van der Waals surface area contributed by atoms with Crippen LogP contribution in [0.5, 0.6) is 0 Å². The summed E-state index contributed by atoms with van der Waals surface area (Å²) in [5.41, 5.74) is 3.97. The van der Waals surface area contributed by atoms with Crippen molar-refractivity contribution in [3.63, 3.8) is 0 Å². The molecule has 0 saturated carbocycles. The number of anilines is 2. The minimum atomic E-state index is -0.0816. The number of rotatable bonds is 4. The monoisotopic (exact) mass is 410 g/mol. The molecule has 0 aliphatic carbocycles. The zero-order valence-corrected chi connectivity index (χ0v) is 15.0. The maximum atomic E-state index is 12.0. The van der Waals surface area contributed by atoms with E-state index in [4.69, 9.17) is 0 Å². The lowest BCUT2D eigenvalue weighted by molar-refractivity contribution is -0.114. The quantitative estimate of drug-likeness (QED) is 0.752. The number of nitrogens with one attached hydrogen (secondary N) is 2. The van der Waals surface area contributed by atoms with E-state index in [1.165, 1.54) is 0 Å². The van der Waals surface area contributed by atoms with Crippen LogP contribution in [0.4, 0.5) is 11.4 Å². The third-order valence-corrected chi connectivity index (χ3v) is 4.18. The van der Waals surface area contributed by atoms with Crippen molar-refractivity contribution in [2.24, 2.45) is 0 Å². The molecule has 0 aromatic heterocycles. The second-order valence-corrected chi connectivity index (χ2v) is 6.61. The molecule has 0 saturated heterocycles. The first kappa shape index (κ1) is 16.0. The van der Waals surface area contributed by atoms with Crippen molar-refractivity contribution in [2.75, 3.05) is 17.2 Å².